The first kappa shape index (κ1) is 19.1. The van der Waals surface area contributed by atoms with Crippen LogP contribution in [-0.2, 0) is 14.4 Å². The average molecular weight is 306 g/mol. The van der Waals surface area contributed by atoms with E-state index >= 15 is 0 Å². The van der Waals surface area contributed by atoms with Crippen LogP contribution in [0.5, 0.6) is 0 Å². The van der Waals surface area contributed by atoms with Gasteiger partial charge in [0, 0.05) is 19.4 Å². The molecule has 0 rings (SSSR count). The topological polar surface area (TPSA) is 95.5 Å². The number of ketones is 1. The molecule has 0 aliphatic heterocycles. The Balaban J connectivity index is 4.55. The van der Waals surface area contributed by atoms with E-state index in [1.165, 1.54) is 6.92 Å². The van der Waals surface area contributed by atoms with Crippen LogP contribution in [0.2, 0.25) is 0 Å². The van der Waals surface area contributed by atoms with E-state index in [0.717, 1.165) is 0 Å². The number of likely N-dealkylation sites (N-methyl/N-ethyl adjacent to an activating group) is 1. The minimum atomic E-state index is -1.05. The molecule has 0 radical (unpaired) electrons. The summed E-state index contributed by atoms with van der Waals surface area (Å²) in [5, 5.41) is 11.8. The van der Waals surface area contributed by atoms with Gasteiger partial charge in [0.05, 0.1) is 12.0 Å². The zero-order valence-electron chi connectivity index (χ0n) is 12.8. The summed E-state index contributed by atoms with van der Waals surface area (Å²) in [5.74, 6) is -0.907. The Bertz CT molecular complexity index is 371. The van der Waals surface area contributed by atoms with E-state index in [-0.39, 0.29) is 29.8 Å². The third-order valence-corrected chi connectivity index (χ3v) is 5.01. The molecule has 0 aromatic rings. The lowest BCUT2D eigenvalue weighted by Crippen LogP contribution is -2.45. The number of carbonyl (C=O) groups is 3. The Labute approximate surface area is 123 Å². The largest absolute Gasteiger partial charge is 0.481 e. The van der Waals surface area contributed by atoms with Crippen molar-refractivity contribution in [2.45, 2.75) is 51.6 Å². The summed E-state index contributed by atoms with van der Waals surface area (Å²) in [6.07, 6.45) is 2.36. The fraction of sp³-hybridized carbons (Fsp3) is 0.769. The normalized spacial score (nSPS) is 15.6. The SMILES string of the molecule is CNC(C)(C)C(=O)CCC(CC(=O)O)N[SH](C)C(C)=O. The number of aliphatic carboxylic acids is 1. The highest BCUT2D eigenvalue weighted by Gasteiger charge is 2.26. The molecule has 7 heteroatoms. The van der Waals surface area contributed by atoms with E-state index in [9.17, 15) is 14.4 Å². The third kappa shape index (κ3) is 7.02. The Hall–Kier alpha value is -0.920. The van der Waals surface area contributed by atoms with Gasteiger partial charge in [-0.3, -0.25) is 19.1 Å². The molecule has 0 amide bonds. The molecular formula is C13H26N2O4S. The van der Waals surface area contributed by atoms with E-state index in [1.54, 1.807) is 27.2 Å². The van der Waals surface area contributed by atoms with Gasteiger partial charge in [-0.1, -0.05) is 0 Å². The number of carbonyl (C=O) groups excluding carboxylic acids is 2. The van der Waals surface area contributed by atoms with E-state index in [1.807, 2.05) is 0 Å². The molecule has 3 N–H and O–H groups in total. The summed E-state index contributed by atoms with van der Waals surface area (Å²) in [6.45, 7) is 5.06. The molecule has 0 fully saturated rings. The molecule has 2 unspecified atom stereocenters. The first-order chi connectivity index (χ1) is 9.10. The molecule has 0 aromatic carbocycles. The quantitative estimate of drug-likeness (QED) is 0.472. The van der Waals surface area contributed by atoms with Gasteiger partial charge < -0.3 is 10.4 Å². The number of hydrogen-bond acceptors (Lipinski definition) is 5. The second kappa shape index (κ2) is 8.39. The van der Waals surface area contributed by atoms with Crippen molar-refractivity contribution in [1.29, 1.82) is 0 Å². The monoisotopic (exact) mass is 306 g/mol. The summed E-state index contributed by atoms with van der Waals surface area (Å²) in [6, 6.07) is -0.357. The van der Waals surface area contributed by atoms with E-state index in [0.29, 0.717) is 6.42 Å². The van der Waals surface area contributed by atoms with Crippen LogP contribution in [0.4, 0.5) is 0 Å². The maximum atomic E-state index is 12.0. The van der Waals surface area contributed by atoms with Crippen molar-refractivity contribution in [1.82, 2.24) is 10.0 Å². The van der Waals surface area contributed by atoms with Gasteiger partial charge in [0.2, 0.25) is 0 Å². The van der Waals surface area contributed by atoms with Crippen molar-refractivity contribution in [3.8, 4) is 0 Å². The first-order valence-electron chi connectivity index (χ1n) is 6.54. The molecular weight excluding hydrogens is 280 g/mol. The Morgan fingerprint density at radius 3 is 2.25 bits per heavy atom. The van der Waals surface area contributed by atoms with Crippen LogP contribution in [0.3, 0.4) is 0 Å². The van der Waals surface area contributed by atoms with Gasteiger partial charge in [-0.25, -0.2) is 0 Å². The second-order valence-electron chi connectivity index (χ2n) is 5.34. The Kier molecular flexibility index (Phi) is 8.00. The number of thiol groups is 1. The summed E-state index contributed by atoms with van der Waals surface area (Å²) >= 11 is -1.05. The number of hydrogen-bond donors (Lipinski definition) is 4. The van der Waals surface area contributed by atoms with Crippen LogP contribution in [-0.4, -0.2) is 46.9 Å². The average Bonchev–Trinajstić information content (AvgIpc) is 2.34. The molecule has 0 spiro atoms. The van der Waals surface area contributed by atoms with Crippen LogP contribution >= 0.6 is 11.1 Å². The minimum absolute atomic E-state index is 0.0114. The van der Waals surface area contributed by atoms with Crippen molar-refractivity contribution in [3.05, 3.63) is 0 Å². The smallest absolute Gasteiger partial charge is 0.304 e. The van der Waals surface area contributed by atoms with Crippen LogP contribution in [0.25, 0.3) is 0 Å². The molecule has 2 atom stereocenters. The van der Waals surface area contributed by atoms with Gasteiger partial charge in [-0.15, -0.1) is 11.1 Å². The molecule has 0 aromatic heterocycles. The standard InChI is InChI=1S/C13H26N2O4S/c1-9(16)20(5)15-10(8-12(18)19)6-7-11(17)13(2,3)14-4/h10,14-15,20H,6-8H2,1-5H3,(H,18,19). The molecule has 0 saturated heterocycles. The van der Waals surface area contributed by atoms with Crippen LogP contribution in [0, 0.1) is 0 Å². The number of Topliss-reactive ketones (excluding diaryl/α,β-unsaturated/α-hetero) is 1. The third-order valence-electron chi connectivity index (χ3n) is 3.31. The molecule has 0 heterocycles. The number of nitrogens with one attached hydrogen (secondary N) is 2. The number of carboxylic acids is 1. The second-order valence-corrected chi connectivity index (χ2v) is 7.34. The van der Waals surface area contributed by atoms with Crippen molar-refractivity contribution >= 4 is 27.9 Å². The Morgan fingerprint density at radius 1 is 1.30 bits per heavy atom. The number of carboxylic acid groups (broad SMARTS) is 1. The highest BCUT2D eigenvalue weighted by molar-refractivity contribution is 8.27. The molecule has 20 heavy (non-hydrogen) atoms. The number of rotatable bonds is 9. The molecule has 0 saturated carbocycles. The van der Waals surface area contributed by atoms with Gasteiger partial charge in [0.15, 0.2) is 10.9 Å². The highest BCUT2D eigenvalue weighted by atomic mass is 32.2. The van der Waals surface area contributed by atoms with Crippen LogP contribution in [0.1, 0.15) is 40.0 Å². The lowest BCUT2D eigenvalue weighted by molar-refractivity contribution is -0.137. The summed E-state index contributed by atoms with van der Waals surface area (Å²) in [5.41, 5.74) is -0.620. The lowest BCUT2D eigenvalue weighted by atomic mass is 9.94. The Morgan fingerprint density at radius 2 is 1.85 bits per heavy atom. The zero-order valence-corrected chi connectivity index (χ0v) is 13.7. The van der Waals surface area contributed by atoms with Crippen LogP contribution in [0.15, 0.2) is 0 Å². The van der Waals surface area contributed by atoms with Gasteiger partial charge in [0.25, 0.3) is 0 Å². The molecule has 6 nitrogen and oxygen atoms in total. The van der Waals surface area contributed by atoms with E-state index in [4.69, 9.17) is 5.11 Å². The lowest BCUT2D eigenvalue weighted by Gasteiger charge is -2.26. The summed E-state index contributed by atoms with van der Waals surface area (Å²) < 4.78 is 3.03. The first-order valence-corrected chi connectivity index (χ1v) is 8.33. The van der Waals surface area contributed by atoms with Gasteiger partial charge in [-0.2, -0.15) is 0 Å². The fourth-order valence-electron chi connectivity index (χ4n) is 1.55. The molecule has 0 bridgehead atoms. The maximum absolute atomic E-state index is 12.0. The predicted octanol–water partition coefficient (Wildman–Crippen LogP) is 0.859. The van der Waals surface area contributed by atoms with Gasteiger partial charge in [-0.05, 0) is 33.6 Å². The molecule has 118 valence electrons. The van der Waals surface area contributed by atoms with E-state index < -0.39 is 22.6 Å². The van der Waals surface area contributed by atoms with Crippen molar-refractivity contribution in [2.75, 3.05) is 13.3 Å². The highest BCUT2D eigenvalue weighted by Crippen LogP contribution is 2.20. The molecule has 0 aliphatic carbocycles. The maximum Gasteiger partial charge on any atom is 0.304 e. The van der Waals surface area contributed by atoms with Gasteiger partial charge in [0.1, 0.15) is 0 Å². The van der Waals surface area contributed by atoms with Gasteiger partial charge >= 0.3 is 5.97 Å². The summed E-state index contributed by atoms with van der Waals surface area (Å²) in [4.78, 5) is 34.1. The van der Waals surface area contributed by atoms with Crippen LogP contribution < -0.4 is 10.0 Å². The zero-order chi connectivity index (χ0) is 15.9. The van der Waals surface area contributed by atoms with Crippen molar-refractivity contribution < 1.29 is 19.5 Å². The summed E-state index contributed by atoms with van der Waals surface area (Å²) in [7, 11) is 1.71. The van der Waals surface area contributed by atoms with Crippen molar-refractivity contribution in [2.24, 2.45) is 0 Å². The fourth-order valence-corrected chi connectivity index (χ4v) is 2.49. The van der Waals surface area contributed by atoms with E-state index in [2.05, 4.69) is 10.0 Å². The minimum Gasteiger partial charge on any atom is -0.481 e. The molecule has 0 aliphatic rings. The van der Waals surface area contributed by atoms with Crippen molar-refractivity contribution in [3.63, 3.8) is 0 Å². The predicted molar refractivity (Wildman–Crippen MR) is 82.1 cm³/mol.